The van der Waals surface area contributed by atoms with Crippen LogP contribution in [0.4, 0.5) is 0 Å². The average Bonchev–Trinajstić information content (AvgIpc) is 2.94. The molecule has 1 aliphatic rings. The van der Waals surface area contributed by atoms with Crippen LogP contribution in [0.1, 0.15) is 41.1 Å². The van der Waals surface area contributed by atoms with Crippen LogP contribution in [-0.4, -0.2) is 33.0 Å². The van der Waals surface area contributed by atoms with Crippen molar-refractivity contribution in [3.8, 4) is 0 Å². The molecule has 148 valence electrons. The fourth-order valence-corrected chi connectivity index (χ4v) is 4.82. The number of likely N-dealkylation sites (tertiary alicyclic amines) is 1. The van der Waals surface area contributed by atoms with Crippen molar-refractivity contribution in [2.75, 3.05) is 19.6 Å². The van der Waals surface area contributed by atoms with Crippen molar-refractivity contribution in [3.63, 3.8) is 0 Å². The maximum absolute atomic E-state index is 12.6. The van der Waals surface area contributed by atoms with Crippen molar-refractivity contribution in [2.45, 2.75) is 52.0 Å². The Balaban J connectivity index is 1.50. The molecule has 0 unspecified atom stereocenters. The van der Waals surface area contributed by atoms with E-state index in [9.17, 15) is 8.42 Å². The number of piperidine rings is 1. The number of aryl methyl sites for hydroxylation is 4. The van der Waals surface area contributed by atoms with Gasteiger partial charge in [-0.05, 0) is 88.9 Å². The van der Waals surface area contributed by atoms with Gasteiger partial charge in [-0.3, -0.25) is 4.90 Å². The molecule has 0 spiro atoms. The Bertz CT molecular complexity index is 894. The molecule has 1 saturated heterocycles. The van der Waals surface area contributed by atoms with Gasteiger partial charge >= 0.3 is 0 Å². The van der Waals surface area contributed by atoms with Gasteiger partial charge in [0.2, 0.25) is 10.0 Å². The monoisotopic (exact) mass is 390 g/mol. The molecule has 1 aliphatic heterocycles. The number of sulfonamides is 1. The molecule has 0 bridgehead atoms. The van der Waals surface area contributed by atoms with E-state index in [4.69, 9.17) is 4.42 Å². The van der Waals surface area contributed by atoms with Crippen LogP contribution >= 0.6 is 0 Å². The van der Waals surface area contributed by atoms with E-state index in [1.54, 1.807) is 12.1 Å². The van der Waals surface area contributed by atoms with E-state index >= 15 is 0 Å². The van der Waals surface area contributed by atoms with E-state index in [1.807, 2.05) is 33.8 Å². The number of rotatable bonds is 6. The first-order valence-corrected chi connectivity index (χ1v) is 11.1. The van der Waals surface area contributed by atoms with E-state index in [0.717, 1.165) is 55.1 Å². The molecular formula is C21H30N2O3S. The third-order valence-corrected chi connectivity index (χ3v) is 7.02. The molecule has 5 nitrogen and oxygen atoms in total. The minimum atomic E-state index is -3.44. The SMILES string of the molecule is Cc1cc(CN2CCC(CNS(=O)(=O)c3ccc(C)c(C)c3)CC2)c(C)o1. The number of nitrogens with zero attached hydrogens (tertiary/aromatic N) is 1. The number of nitrogens with one attached hydrogen (secondary N) is 1. The molecule has 0 radical (unpaired) electrons. The van der Waals surface area contributed by atoms with Crippen molar-refractivity contribution in [1.82, 2.24) is 9.62 Å². The van der Waals surface area contributed by atoms with E-state index in [2.05, 4.69) is 15.7 Å². The number of furan rings is 1. The molecule has 1 N–H and O–H groups in total. The highest BCUT2D eigenvalue weighted by molar-refractivity contribution is 7.89. The first kappa shape index (κ1) is 20.1. The second kappa shape index (κ2) is 8.17. The summed E-state index contributed by atoms with van der Waals surface area (Å²) in [5.41, 5.74) is 3.35. The van der Waals surface area contributed by atoms with Gasteiger partial charge < -0.3 is 4.42 Å². The predicted octanol–water partition coefficient (Wildman–Crippen LogP) is 3.70. The summed E-state index contributed by atoms with van der Waals surface area (Å²) in [5, 5.41) is 0. The van der Waals surface area contributed by atoms with Crippen molar-refractivity contribution < 1.29 is 12.8 Å². The second-order valence-corrected chi connectivity index (χ2v) is 9.52. The van der Waals surface area contributed by atoms with E-state index in [0.29, 0.717) is 17.4 Å². The van der Waals surface area contributed by atoms with Crippen LogP contribution in [0.5, 0.6) is 0 Å². The lowest BCUT2D eigenvalue weighted by atomic mass is 9.97. The molecular weight excluding hydrogens is 360 g/mol. The summed E-state index contributed by atoms with van der Waals surface area (Å²) in [6, 6.07) is 7.40. The standard InChI is InChI=1S/C21H30N2O3S/c1-15-5-6-21(11-16(15)2)27(24,25)22-13-19-7-9-23(10-8-19)14-20-12-17(3)26-18(20)4/h5-6,11-12,19,22H,7-10,13-14H2,1-4H3. The highest BCUT2D eigenvalue weighted by Crippen LogP contribution is 2.22. The second-order valence-electron chi connectivity index (χ2n) is 7.76. The van der Waals surface area contributed by atoms with Gasteiger partial charge in [-0.1, -0.05) is 6.07 Å². The van der Waals surface area contributed by atoms with Gasteiger partial charge in [0.15, 0.2) is 0 Å². The van der Waals surface area contributed by atoms with Gasteiger partial charge in [0.05, 0.1) is 4.90 Å². The van der Waals surface area contributed by atoms with Crippen molar-refractivity contribution in [2.24, 2.45) is 5.92 Å². The van der Waals surface area contributed by atoms with Crippen molar-refractivity contribution in [3.05, 3.63) is 52.5 Å². The smallest absolute Gasteiger partial charge is 0.240 e. The summed E-state index contributed by atoms with van der Waals surface area (Å²) in [6.45, 7) is 11.3. The highest BCUT2D eigenvalue weighted by Gasteiger charge is 2.23. The Labute approximate surface area is 162 Å². The van der Waals surface area contributed by atoms with Gasteiger partial charge in [0.25, 0.3) is 0 Å². The first-order valence-electron chi connectivity index (χ1n) is 9.60. The van der Waals surface area contributed by atoms with Crippen molar-refractivity contribution in [1.29, 1.82) is 0 Å². The Morgan fingerprint density at radius 2 is 1.78 bits per heavy atom. The lowest BCUT2D eigenvalue weighted by Crippen LogP contribution is -2.38. The van der Waals surface area contributed by atoms with E-state index in [-0.39, 0.29) is 0 Å². The topological polar surface area (TPSA) is 62.6 Å². The molecule has 27 heavy (non-hydrogen) atoms. The molecule has 0 atom stereocenters. The van der Waals surface area contributed by atoms with Crippen LogP contribution in [0, 0.1) is 33.6 Å². The molecule has 6 heteroatoms. The summed E-state index contributed by atoms with van der Waals surface area (Å²) in [4.78, 5) is 2.78. The van der Waals surface area contributed by atoms with Crippen LogP contribution in [-0.2, 0) is 16.6 Å². The van der Waals surface area contributed by atoms with Crippen molar-refractivity contribution >= 4 is 10.0 Å². The van der Waals surface area contributed by atoms with Crippen LogP contribution in [0.3, 0.4) is 0 Å². The maximum Gasteiger partial charge on any atom is 0.240 e. The molecule has 2 heterocycles. The Kier molecular flexibility index (Phi) is 6.08. The fourth-order valence-electron chi connectivity index (χ4n) is 3.62. The highest BCUT2D eigenvalue weighted by atomic mass is 32.2. The number of hydrogen-bond donors (Lipinski definition) is 1. The number of hydrogen-bond acceptors (Lipinski definition) is 4. The minimum Gasteiger partial charge on any atom is -0.466 e. The summed E-state index contributed by atoms with van der Waals surface area (Å²) >= 11 is 0. The molecule has 0 amide bonds. The fraction of sp³-hybridized carbons (Fsp3) is 0.524. The zero-order chi connectivity index (χ0) is 19.6. The van der Waals surface area contributed by atoms with Crippen LogP contribution in [0.15, 0.2) is 33.6 Å². The molecule has 0 saturated carbocycles. The quantitative estimate of drug-likeness (QED) is 0.817. The Morgan fingerprint density at radius 3 is 2.37 bits per heavy atom. The Morgan fingerprint density at radius 1 is 1.07 bits per heavy atom. The van der Waals surface area contributed by atoms with Crippen LogP contribution in [0.2, 0.25) is 0 Å². The lowest BCUT2D eigenvalue weighted by molar-refractivity contribution is 0.178. The van der Waals surface area contributed by atoms with Gasteiger partial charge in [-0.25, -0.2) is 13.1 Å². The van der Waals surface area contributed by atoms with E-state index in [1.165, 1.54) is 5.56 Å². The average molecular weight is 391 g/mol. The largest absolute Gasteiger partial charge is 0.466 e. The zero-order valence-corrected chi connectivity index (χ0v) is 17.5. The maximum atomic E-state index is 12.6. The number of benzene rings is 1. The van der Waals surface area contributed by atoms with Gasteiger partial charge in [-0.15, -0.1) is 0 Å². The molecule has 0 aliphatic carbocycles. The van der Waals surface area contributed by atoms with Gasteiger partial charge in [0.1, 0.15) is 11.5 Å². The molecule has 1 aromatic carbocycles. The van der Waals surface area contributed by atoms with Crippen LogP contribution in [0.25, 0.3) is 0 Å². The minimum absolute atomic E-state index is 0.355. The van der Waals surface area contributed by atoms with Gasteiger partial charge in [-0.2, -0.15) is 0 Å². The first-order chi connectivity index (χ1) is 12.7. The molecule has 1 aromatic heterocycles. The zero-order valence-electron chi connectivity index (χ0n) is 16.7. The lowest BCUT2D eigenvalue weighted by Gasteiger charge is -2.31. The van der Waals surface area contributed by atoms with Crippen LogP contribution < -0.4 is 4.72 Å². The Hall–Kier alpha value is -1.63. The molecule has 2 aromatic rings. The third kappa shape index (κ3) is 5.00. The molecule has 1 fully saturated rings. The molecule has 3 rings (SSSR count). The summed E-state index contributed by atoms with van der Waals surface area (Å²) in [7, 11) is -3.44. The normalized spacial score (nSPS) is 16.7. The summed E-state index contributed by atoms with van der Waals surface area (Å²) in [6.07, 6.45) is 2.01. The third-order valence-electron chi connectivity index (χ3n) is 5.60. The summed E-state index contributed by atoms with van der Waals surface area (Å²) < 4.78 is 33.5. The van der Waals surface area contributed by atoms with E-state index < -0.39 is 10.0 Å². The van der Waals surface area contributed by atoms with Gasteiger partial charge in [0, 0.05) is 18.7 Å². The summed E-state index contributed by atoms with van der Waals surface area (Å²) in [5.74, 6) is 2.34. The predicted molar refractivity (Wildman–Crippen MR) is 107 cm³/mol.